The molecule has 1 spiro atoms. The van der Waals surface area contributed by atoms with Crippen molar-refractivity contribution in [3.05, 3.63) is 35.5 Å². The van der Waals surface area contributed by atoms with Crippen LogP contribution < -0.4 is 5.32 Å². The predicted molar refractivity (Wildman–Crippen MR) is 105 cm³/mol. The number of ether oxygens (including phenoxy) is 1. The number of fused-ring (bicyclic) bond motifs is 1. The third kappa shape index (κ3) is 3.10. The van der Waals surface area contributed by atoms with Crippen molar-refractivity contribution >= 4 is 33.0 Å². The topological polar surface area (TPSA) is 51.5 Å². The summed E-state index contributed by atoms with van der Waals surface area (Å²) in [5, 5.41) is 9.98. The number of aromatic nitrogens is 3. The highest BCUT2D eigenvalue weighted by molar-refractivity contribution is 7.20. The Balaban J connectivity index is 1.32. The lowest BCUT2D eigenvalue weighted by atomic mass is 9.89. The second-order valence-corrected chi connectivity index (χ2v) is 8.73. The van der Waals surface area contributed by atoms with Gasteiger partial charge in [0.2, 0.25) is 10.1 Å². The van der Waals surface area contributed by atoms with Crippen LogP contribution >= 0.6 is 22.9 Å². The Morgan fingerprint density at radius 3 is 2.81 bits per heavy atom. The largest absolute Gasteiger partial charge is 0.375 e. The first-order valence-electron chi connectivity index (χ1n) is 9.22. The molecular weight excluding hydrogens is 368 g/mol. The van der Waals surface area contributed by atoms with Gasteiger partial charge in [-0.2, -0.15) is 0 Å². The molecule has 2 aliphatic rings. The highest BCUT2D eigenvalue weighted by Crippen LogP contribution is 2.40. The molecule has 1 aliphatic heterocycles. The maximum absolute atomic E-state index is 6.13. The van der Waals surface area contributed by atoms with E-state index in [1.165, 1.54) is 25.7 Å². The summed E-state index contributed by atoms with van der Waals surface area (Å²) in [6.07, 6.45) is 9.11. The quantitative estimate of drug-likeness (QED) is 0.684. The Bertz CT molecular complexity index is 882. The van der Waals surface area contributed by atoms with Crippen molar-refractivity contribution in [3.63, 3.8) is 0 Å². The van der Waals surface area contributed by atoms with E-state index in [-0.39, 0.29) is 5.60 Å². The van der Waals surface area contributed by atoms with Crippen molar-refractivity contribution in [2.24, 2.45) is 0 Å². The van der Waals surface area contributed by atoms with Crippen LogP contribution in [0.25, 0.3) is 16.2 Å². The molecule has 136 valence electrons. The lowest BCUT2D eigenvalue weighted by Crippen LogP contribution is -2.42. The molecule has 1 N–H and O–H groups in total. The second-order valence-electron chi connectivity index (χ2n) is 7.34. The van der Waals surface area contributed by atoms with Crippen molar-refractivity contribution in [2.75, 3.05) is 11.9 Å². The molecule has 3 aromatic rings. The smallest absolute Gasteiger partial charge is 0.214 e. The fraction of sp³-hybridized carbons (Fsp3) is 0.474. The van der Waals surface area contributed by atoms with E-state index in [0.717, 1.165) is 45.8 Å². The van der Waals surface area contributed by atoms with Crippen LogP contribution in [0.15, 0.2) is 30.5 Å². The summed E-state index contributed by atoms with van der Waals surface area (Å²) < 4.78 is 7.99. The van der Waals surface area contributed by atoms with E-state index < -0.39 is 0 Å². The van der Waals surface area contributed by atoms with Gasteiger partial charge in [0.05, 0.1) is 17.5 Å². The molecule has 1 saturated carbocycles. The molecule has 2 fully saturated rings. The van der Waals surface area contributed by atoms with E-state index >= 15 is 0 Å². The number of imidazole rings is 1. The summed E-state index contributed by atoms with van der Waals surface area (Å²) in [5.41, 5.74) is 2.09. The van der Waals surface area contributed by atoms with Gasteiger partial charge >= 0.3 is 0 Å². The minimum Gasteiger partial charge on any atom is -0.375 e. The Morgan fingerprint density at radius 1 is 1.23 bits per heavy atom. The Kier molecular flexibility index (Phi) is 4.14. The molecular formula is C19H21ClN4OS. The molecule has 1 aromatic carbocycles. The molecule has 7 heteroatoms. The lowest BCUT2D eigenvalue weighted by Gasteiger charge is -2.38. The van der Waals surface area contributed by atoms with Crippen LogP contribution in [-0.2, 0) is 4.74 Å². The highest BCUT2D eigenvalue weighted by atomic mass is 35.5. The van der Waals surface area contributed by atoms with Crippen molar-refractivity contribution in [2.45, 2.75) is 50.2 Å². The molecule has 2 aromatic heterocycles. The fourth-order valence-corrected chi connectivity index (χ4v) is 5.20. The van der Waals surface area contributed by atoms with Gasteiger partial charge in [-0.3, -0.25) is 0 Å². The van der Waals surface area contributed by atoms with Crippen molar-refractivity contribution < 1.29 is 4.74 Å². The molecule has 0 radical (unpaired) electrons. The van der Waals surface area contributed by atoms with Crippen molar-refractivity contribution in [1.82, 2.24) is 14.6 Å². The third-order valence-electron chi connectivity index (χ3n) is 5.52. The average Bonchev–Trinajstić information content (AvgIpc) is 3.31. The monoisotopic (exact) mass is 388 g/mol. The molecule has 5 rings (SSSR count). The molecule has 1 saturated heterocycles. The zero-order valence-corrected chi connectivity index (χ0v) is 16.0. The van der Waals surface area contributed by atoms with Crippen molar-refractivity contribution in [3.8, 4) is 11.3 Å². The normalized spacial score (nSPS) is 22.3. The number of rotatable bonds is 3. The first-order chi connectivity index (χ1) is 12.7. The summed E-state index contributed by atoms with van der Waals surface area (Å²) in [6, 6.07) is 8.17. The SMILES string of the molecule is Clc1ccc(-c2cn3nc(NC4CCOC5(CCCC5)C4)sc3n2)cc1. The van der Waals surface area contributed by atoms with Crippen LogP contribution in [0.4, 0.5) is 5.13 Å². The number of hydrogen-bond donors (Lipinski definition) is 1. The summed E-state index contributed by atoms with van der Waals surface area (Å²) in [5.74, 6) is 0. The third-order valence-corrected chi connectivity index (χ3v) is 6.62. The zero-order chi connectivity index (χ0) is 17.6. The first kappa shape index (κ1) is 16.5. The number of anilines is 1. The van der Waals surface area contributed by atoms with Crippen LogP contribution in [-0.4, -0.2) is 32.8 Å². The fourth-order valence-electron chi connectivity index (χ4n) is 4.21. The summed E-state index contributed by atoms with van der Waals surface area (Å²) in [6.45, 7) is 0.848. The Hall–Kier alpha value is -1.63. The van der Waals surface area contributed by atoms with Gasteiger partial charge in [-0.05, 0) is 37.8 Å². The summed E-state index contributed by atoms with van der Waals surface area (Å²) in [4.78, 5) is 5.61. The van der Waals surface area contributed by atoms with Crippen LogP contribution in [0.3, 0.4) is 0 Å². The molecule has 0 amide bonds. The maximum Gasteiger partial charge on any atom is 0.214 e. The number of nitrogens with one attached hydrogen (secondary N) is 1. The molecule has 0 bridgehead atoms. The number of hydrogen-bond acceptors (Lipinski definition) is 5. The number of benzene rings is 1. The Labute approximate surface area is 161 Å². The first-order valence-corrected chi connectivity index (χ1v) is 10.4. The van der Waals surface area contributed by atoms with E-state index in [9.17, 15) is 0 Å². The van der Waals surface area contributed by atoms with Gasteiger partial charge in [0.15, 0.2) is 0 Å². The average molecular weight is 389 g/mol. The van der Waals surface area contributed by atoms with E-state index in [1.807, 2.05) is 35.0 Å². The van der Waals surface area contributed by atoms with Gasteiger partial charge < -0.3 is 10.1 Å². The van der Waals surface area contributed by atoms with E-state index in [0.29, 0.717) is 6.04 Å². The Morgan fingerprint density at radius 2 is 2.04 bits per heavy atom. The molecule has 1 atom stereocenters. The minimum absolute atomic E-state index is 0.120. The maximum atomic E-state index is 6.13. The summed E-state index contributed by atoms with van der Waals surface area (Å²) in [7, 11) is 0. The van der Waals surface area contributed by atoms with Gasteiger partial charge in [0.25, 0.3) is 0 Å². The van der Waals surface area contributed by atoms with Crippen LogP contribution in [0.2, 0.25) is 5.02 Å². The number of nitrogens with zero attached hydrogens (tertiary/aromatic N) is 3. The molecule has 5 nitrogen and oxygen atoms in total. The lowest BCUT2D eigenvalue weighted by molar-refractivity contribution is -0.0767. The molecule has 3 heterocycles. The van der Waals surface area contributed by atoms with Gasteiger partial charge in [0.1, 0.15) is 0 Å². The van der Waals surface area contributed by atoms with E-state index in [1.54, 1.807) is 11.3 Å². The van der Waals surface area contributed by atoms with Gasteiger partial charge in [-0.1, -0.05) is 47.9 Å². The van der Waals surface area contributed by atoms with Crippen LogP contribution in [0, 0.1) is 0 Å². The second kappa shape index (κ2) is 6.51. The number of halogens is 1. The standard InChI is InChI=1S/C19H21ClN4OS/c20-14-5-3-13(4-6-14)16-12-24-18(22-16)26-17(23-24)21-15-7-10-25-19(11-15)8-1-2-9-19/h3-6,12,15H,1-2,7-11H2,(H,21,23). The van der Waals surface area contributed by atoms with Gasteiger partial charge in [-0.25, -0.2) is 9.50 Å². The van der Waals surface area contributed by atoms with Crippen molar-refractivity contribution in [1.29, 1.82) is 0 Å². The van der Waals surface area contributed by atoms with Crippen LogP contribution in [0.5, 0.6) is 0 Å². The van der Waals surface area contributed by atoms with Crippen LogP contribution in [0.1, 0.15) is 38.5 Å². The molecule has 1 aliphatic carbocycles. The van der Waals surface area contributed by atoms with E-state index in [2.05, 4.69) is 10.4 Å². The van der Waals surface area contributed by atoms with Gasteiger partial charge in [0, 0.05) is 23.2 Å². The summed E-state index contributed by atoms with van der Waals surface area (Å²) >= 11 is 7.57. The zero-order valence-electron chi connectivity index (χ0n) is 14.4. The predicted octanol–water partition coefficient (Wildman–Crippen LogP) is 5.01. The van der Waals surface area contributed by atoms with Gasteiger partial charge in [-0.15, -0.1) is 5.10 Å². The van der Waals surface area contributed by atoms with E-state index in [4.69, 9.17) is 21.3 Å². The minimum atomic E-state index is 0.120. The molecule has 26 heavy (non-hydrogen) atoms. The molecule has 1 unspecified atom stereocenters. The highest BCUT2D eigenvalue weighted by Gasteiger charge is 2.40.